The highest BCUT2D eigenvalue weighted by Gasteiger charge is 2.28. The van der Waals surface area contributed by atoms with Gasteiger partial charge >= 0.3 is 0 Å². The van der Waals surface area contributed by atoms with E-state index in [1.54, 1.807) is 11.3 Å². The number of aryl methyl sites for hydroxylation is 1. The van der Waals surface area contributed by atoms with Crippen molar-refractivity contribution in [2.24, 2.45) is 4.99 Å². The van der Waals surface area contributed by atoms with E-state index in [-0.39, 0.29) is 5.54 Å². The van der Waals surface area contributed by atoms with Gasteiger partial charge in [0, 0.05) is 45.2 Å². The first kappa shape index (κ1) is 20.0. The number of hydrogen-bond donors (Lipinski definition) is 2. The Bertz CT molecular complexity index is 719. The molecule has 0 spiro atoms. The third kappa shape index (κ3) is 5.64. The molecule has 1 aliphatic heterocycles. The second-order valence-electron chi connectivity index (χ2n) is 7.44. The Morgan fingerprint density at radius 2 is 2.04 bits per heavy atom. The molecule has 0 saturated carbocycles. The van der Waals surface area contributed by atoms with Crippen LogP contribution < -0.4 is 10.6 Å². The number of para-hydroxylation sites is 1. The minimum atomic E-state index is 0.0718. The van der Waals surface area contributed by atoms with Gasteiger partial charge in [-0.05, 0) is 32.4 Å². The topological polar surface area (TPSA) is 61.8 Å². The van der Waals surface area contributed by atoms with Gasteiger partial charge in [0.15, 0.2) is 5.96 Å². The molecule has 2 N–H and O–H groups in total. The minimum Gasteiger partial charge on any atom is -0.379 e. The average molecular weight is 390 g/mol. The molecule has 0 unspecified atom stereocenters. The van der Waals surface area contributed by atoms with Crippen molar-refractivity contribution in [2.45, 2.75) is 32.2 Å². The zero-order chi connectivity index (χ0) is 19.1. The van der Waals surface area contributed by atoms with E-state index < -0.39 is 0 Å². The highest BCUT2D eigenvalue weighted by Crippen LogP contribution is 2.22. The average Bonchev–Trinajstić information content (AvgIpc) is 3.11. The maximum absolute atomic E-state index is 5.46. The molecule has 7 heteroatoms. The molecule has 3 rings (SSSR count). The summed E-state index contributed by atoms with van der Waals surface area (Å²) in [5, 5.41) is 8.10. The fraction of sp³-hybridized carbons (Fsp3) is 0.600. The van der Waals surface area contributed by atoms with E-state index in [0.717, 1.165) is 63.7 Å². The number of guanidine groups is 1. The van der Waals surface area contributed by atoms with Crippen LogP contribution in [0.1, 0.15) is 25.3 Å². The Kier molecular flexibility index (Phi) is 7.04. The van der Waals surface area contributed by atoms with Crippen LogP contribution in [-0.2, 0) is 11.2 Å². The van der Waals surface area contributed by atoms with Crippen LogP contribution in [-0.4, -0.2) is 67.8 Å². The van der Waals surface area contributed by atoms with E-state index in [1.165, 1.54) is 9.71 Å². The zero-order valence-corrected chi connectivity index (χ0v) is 17.4. The van der Waals surface area contributed by atoms with Gasteiger partial charge in [-0.1, -0.05) is 12.1 Å². The van der Waals surface area contributed by atoms with Gasteiger partial charge in [0.2, 0.25) is 0 Å². The molecular weight excluding hydrogens is 358 g/mol. The molecule has 1 saturated heterocycles. The number of thiazole rings is 1. The van der Waals surface area contributed by atoms with Gasteiger partial charge in [-0.15, -0.1) is 11.3 Å². The number of hydrogen-bond acceptors (Lipinski definition) is 5. The lowest BCUT2D eigenvalue weighted by Gasteiger charge is -2.41. The number of morpholine rings is 1. The molecule has 0 atom stereocenters. The number of ether oxygens (including phenoxy) is 1. The van der Waals surface area contributed by atoms with Crippen molar-refractivity contribution in [1.29, 1.82) is 0 Å². The Morgan fingerprint density at radius 3 is 2.78 bits per heavy atom. The van der Waals surface area contributed by atoms with Crippen LogP contribution >= 0.6 is 11.3 Å². The molecule has 2 aromatic rings. The van der Waals surface area contributed by atoms with Crippen LogP contribution in [0.4, 0.5) is 0 Å². The monoisotopic (exact) mass is 389 g/mol. The largest absolute Gasteiger partial charge is 0.379 e. The maximum atomic E-state index is 5.46. The summed E-state index contributed by atoms with van der Waals surface area (Å²) in [6.07, 6.45) is 2.02. The van der Waals surface area contributed by atoms with E-state index >= 15 is 0 Å². The predicted molar refractivity (Wildman–Crippen MR) is 114 cm³/mol. The Morgan fingerprint density at radius 1 is 1.26 bits per heavy atom. The van der Waals surface area contributed by atoms with E-state index in [9.17, 15) is 0 Å². The van der Waals surface area contributed by atoms with Crippen LogP contribution in [0.15, 0.2) is 29.3 Å². The first-order chi connectivity index (χ1) is 13.1. The first-order valence-electron chi connectivity index (χ1n) is 9.70. The molecule has 1 aromatic carbocycles. The molecule has 2 heterocycles. The number of fused-ring (bicyclic) bond motifs is 1. The summed E-state index contributed by atoms with van der Waals surface area (Å²) >= 11 is 1.79. The molecule has 0 amide bonds. The lowest BCUT2D eigenvalue weighted by atomic mass is 10.0. The molecule has 1 aromatic heterocycles. The summed E-state index contributed by atoms with van der Waals surface area (Å²) in [6.45, 7) is 9.89. The fourth-order valence-electron chi connectivity index (χ4n) is 3.27. The van der Waals surface area contributed by atoms with Crippen LogP contribution in [0, 0.1) is 0 Å². The molecule has 148 valence electrons. The van der Waals surface area contributed by atoms with Gasteiger partial charge in [0.25, 0.3) is 0 Å². The van der Waals surface area contributed by atoms with Crippen LogP contribution in [0.2, 0.25) is 0 Å². The number of nitrogens with one attached hydrogen (secondary N) is 2. The molecule has 6 nitrogen and oxygen atoms in total. The number of rotatable bonds is 7. The molecule has 1 fully saturated rings. The second-order valence-corrected chi connectivity index (χ2v) is 8.56. The number of aliphatic imine (C=N–C) groups is 1. The number of aromatic nitrogens is 1. The molecule has 0 aliphatic carbocycles. The Balaban J connectivity index is 1.39. The zero-order valence-electron chi connectivity index (χ0n) is 16.6. The van der Waals surface area contributed by atoms with Crippen molar-refractivity contribution < 1.29 is 4.74 Å². The van der Waals surface area contributed by atoms with Crippen molar-refractivity contribution in [3.05, 3.63) is 29.3 Å². The van der Waals surface area contributed by atoms with Crippen molar-refractivity contribution in [2.75, 3.05) is 46.4 Å². The molecule has 27 heavy (non-hydrogen) atoms. The van der Waals surface area contributed by atoms with Crippen molar-refractivity contribution in [1.82, 2.24) is 20.5 Å². The fourth-order valence-corrected chi connectivity index (χ4v) is 4.28. The van der Waals surface area contributed by atoms with Gasteiger partial charge in [0.1, 0.15) is 0 Å². The van der Waals surface area contributed by atoms with E-state index in [4.69, 9.17) is 9.72 Å². The molecular formula is C20H31N5OS. The molecule has 0 bridgehead atoms. The summed E-state index contributed by atoms with van der Waals surface area (Å²) in [4.78, 5) is 11.5. The summed E-state index contributed by atoms with van der Waals surface area (Å²) in [5.74, 6) is 0.862. The van der Waals surface area contributed by atoms with E-state index in [1.807, 2.05) is 13.1 Å². The second kappa shape index (κ2) is 9.48. The van der Waals surface area contributed by atoms with Crippen LogP contribution in [0.5, 0.6) is 0 Å². The van der Waals surface area contributed by atoms with Crippen LogP contribution in [0.25, 0.3) is 10.2 Å². The Labute approximate surface area is 166 Å². The molecule has 1 aliphatic rings. The highest BCUT2D eigenvalue weighted by molar-refractivity contribution is 7.18. The van der Waals surface area contributed by atoms with Crippen molar-refractivity contribution in [3.63, 3.8) is 0 Å². The lowest BCUT2D eigenvalue weighted by molar-refractivity contribution is -0.00833. The van der Waals surface area contributed by atoms with E-state index in [2.05, 4.69) is 52.6 Å². The quantitative estimate of drug-likeness (QED) is 0.433. The highest BCUT2D eigenvalue weighted by atomic mass is 32.1. The van der Waals surface area contributed by atoms with E-state index in [0.29, 0.717) is 0 Å². The lowest BCUT2D eigenvalue weighted by Crippen LogP contribution is -2.56. The summed E-state index contributed by atoms with van der Waals surface area (Å²) in [5.41, 5.74) is 1.18. The number of benzene rings is 1. The predicted octanol–water partition coefficient (Wildman–Crippen LogP) is 2.50. The molecule has 0 radical (unpaired) electrons. The van der Waals surface area contributed by atoms with Crippen molar-refractivity contribution in [3.8, 4) is 0 Å². The third-order valence-electron chi connectivity index (χ3n) is 4.98. The standard InChI is InChI=1S/C20H31N5OS/c1-20(2,25-11-13-26-14-12-25)15-23-19(21-3)22-10-6-9-18-24-16-7-4-5-8-17(16)27-18/h4-5,7-8H,6,9-15H2,1-3H3,(H2,21,22,23). The maximum Gasteiger partial charge on any atom is 0.191 e. The van der Waals surface area contributed by atoms with Gasteiger partial charge in [0.05, 0.1) is 28.4 Å². The van der Waals surface area contributed by atoms with Crippen molar-refractivity contribution >= 4 is 27.5 Å². The van der Waals surface area contributed by atoms with Crippen LogP contribution in [0.3, 0.4) is 0 Å². The third-order valence-corrected chi connectivity index (χ3v) is 6.07. The normalized spacial score (nSPS) is 16.6. The summed E-state index contributed by atoms with van der Waals surface area (Å²) in [7, 11) is 1.82. The van der Waals surface area contributed by atoms with Gasteiger partial charge in [-0.3, -0.25) is 9.89 Å². The minimum absolute atomic E-state index is 0.0718. The van der Waals surface area contributed by atoms with Gasteiger partial charge in [-0.25, -0.2) is 4.98 Å². The summed E-state index contributed by atoms with van der Waals surface area (Å²) < 4.78 is 6.73. The Hall–Kier alpha value is -1.70. The first-order valence-corrected chi connectivity index (χ1v) is 10.5. The summed E-state index contributed by atoms with van der Waals surface area (Å²) in [6, 6.07) is 8.33. The van der Waals surface area contributed by atoms with Gasteiger partial charge < -0.3 is 15.4 Å². The number of nitrogens with zero attached hydrogens (tertiary/aromatic N) is 3. The smallest absolute Gasteiger partial charge is 0.191 e. The SMILES string of the molecule is CN=C(NCCCc1nc2ccccc2s1)NCC(C)(C)N1CCOCC1. The van der Waals surface area contributed by atoms with Gasteiger partial charge in [-0.2, -0.15) is 0 Å².